The topological polar surface area (TPSA) is 39.7 Å². The molecule has 1 atom stereocenters. The van der Waals surface area contributed by atoms with Crippen LogP contribution in [-0.4, -0.2) is 33.4 Å². The van der Waals surface area contributed by atoms with Gasteiger partial charge < -0.3 is 19.5 Å². The van der Waals surface area contributed by atoms with Crippen LogP contribution in [0.25, 0.3) is 0 Å². The number of benzene rings is 1. The number of rotatable bonds is 2. The van der Waals surface area contributed by atoms with Crippen molar-refractivity contribution in [3.63, 3.8) is 0 Å². The molecule has 0 saturated carbocycles. The number of ether oxygens (including phenoxy) is 3. The second-order valence-electron chi connectivity index (χ2n) is 4.87. The lowest BCUT2D eigenvalue weighted by molar-refractivity contribution is 0.167. The largest absolute Gasteiger partial charge is 0.495 e. The molecular weight excluding hydrogens is 310 g/mol. The average Bonchev–Trinajstić information content (AvgIpc) is 2.46. The highest BCUT2D eigenvalue weighted by atomic mass is 79.9. The predicted octanol–water partition coefficient (Wildman–Crippen LogP) is 2.70. The van der Waals surface area contributed by atoms with E-state index in [9.17, 15) is 0 Å². The van der Waals surface area contributed by atoms with Crippen molar-refractivity contribution in [1.29, 1.82) is 0 Å². The normalized spacial score (nSPS) is 22.1. The Hall–Kier alpha value is -0.940. The lowest BCUT2D eigenvalue weighted by Gasteiger charge is -2.30. The van der Waals surface area contributed by atoms with E-state index in [1.165, 1.54) is 6.42 Å². The number of methoxy groups -OCH3 is 1. The summed E-state index contributed by atoms with van der Waals surface area (Å²) in [5, 5.41) is 3.44. The highest BCUT2D eigenvalue weighted by Crippen LogP contribution is 2.48. The first-order valence-corrected chi connectivity index (χ1v) is 7.47. The van der Waals surface area contributed by atoms with Gasteiger partial charge in [-0.3, -0.25) is 0 Å². The summed E-state index contributed by atoms with van der Waals surface area (Å²) in [6.07, 6.45) is 2.32. The molecule has 19 heavy (non-hydrogen) atoms. The van der Waals surface area contributed by atoms with E-state index < -0.39 is 0 Å². The van der Waals surface area contributed by atoms with Crippen LogP contribution in [0.1, 0.15) is 24.3 Å². The van der Waals surface area contributed by atoms with Crippen molar-refractivity contribution in [1.82, 2.24) is 5.32 Å². The Balaban J connectivity index is 2.09. The zero-order valence-electron chi connectivity index (χ0n) is 11.0. The van der Waals surface area contributed by atoms with Gasteiger partial charge in [-0.25, -0.2) is 0 Å². The number of hydrogen-bond acceptors (Lipinski definition) is 4. The Kier molecular flexibility index (Phi) is 3.84. The molecule has 1 aromatic carbocycles. The first kappa shape index (κ1) is 13.1. The van der Waals surface area contributed by atoms with Gasteiger partial charge in [0.15, 0.2) is 11.5 Å². The summed E-state index contributed by atoms with van der Waals surface area (Å²) in [6, 6.07) is 1.94. The van der Waals surface area contributed by atoms with Crippen molar-refractivity contribution in [2.24, 2.45) is 0 Å². The van der Waals surface area contributed by atoms with Gasteiger partial charge in [-0.05, 0) is 35.3 Å². The van der Waals surface area contributed by atoms with Crippen molar-refractivity contribution in [3.8, 4) is 17.2 Å². The molecule has 1 aromatic rings. The van der Waals surface area contributed by atoms with Gasteiger partial charge in [0.2, 0.25) is 0 Å². The summed E-state index contributed by atoms with van der Waals surface area (Å²) >= 11 is 3.57. The average molecular weight is 328 g/mol. The Labute approximate surface area is 121 Å². The molecule has 0 amide bonds. The van der Waals surface area contributed by atoms with Crippen molar-refractivity contribution in [3.05, 3.63) is 16.1 Å². The van der Waals surface area contributed by atoms with Crippen LogP contribution in [0.3, 0.4) is 0 Å². The minimum atomic E-state index is 0.414. The number of halogens is 1. The van der Waals surface area contributed by atoms with Crippen LogP contribution in [0.4, 0.5) is 0 Å². The number of hydrogen-bond donors (Lipinski definition) is 1. The van der Waals surface area contributed by atoms with Gasteiger partial charge in [-0.1, -0.05) is 0 Å². The summed E-state index contributed by atoms with van der Waals surface area (Å²) in [4.78, 5) is 0. The summed E-state index contributed by atoms with van der Waals surface area (Å²) < 4.78 is 18.1. The summed E-state index contributed by atoms with van der Waals surface area (Å²) in [5.74, 6) is 2.97. The third-order valence-corrected chi connectivity index (χ3v) is 4.27. The van der Waals surface area contributed by atoms with E-state index in [4.69, 9.17) is 14.2 Å². The van der Waals surface area contributed by atoms with Crippen LogP contribution in [0.15, 0.2) is 10.5 Å². The summed E-state index contributed by atoms with van der Waals surface area (Å²) in [7, 11) is 1.70. The molecule has 0 bridgehead atoms. The standard InChI is InChI=1S/C14H18BrNO3/c1-17-13-10(15)7-11-14(19-6-5-18-11)12(13)9-3-2-4-16-8-9/h7,9,16H,2-6,8H2,1H3. The molecule has 0 spiro atoms. The molecule has 2 heterocycles. The molecule has 0 aromatic heterocycles. The highest BCUT2D eigenvalue weighted by molar-refractivity contribution is 9.10. The fourth-order valence-corrected chi connectivity index (χ4v) is 3.42. The van der Waals surface area contributed by atoms with E-state index in [1.807, 2.05) is 6.07 Å². The molecule has 2 aliphatic heterocycles. The molecule has 1 N–H and O–H groups in total. The van der Waals surface area contributed by atoms with Crippen LogP contribution in [0.5, 0.6) is 17.2 Å². The van der Waals surface area contributed by atoms with E-state index in [0.29, 0.717) is 19.1 Å². The second-order valence-corrected chi connectivity index (χ2v) is 5.73. The smallest absolute Gasteiger partial charge is 0.168 e. The number of fused-ring (bicyclic) bond motifs is 1. The molecular formula is C14H18BrNO3. The van der Waals surface area contributed by atoms with E-state index in [2.05, 4.69) is 21.2 Å². The summed E-state index contributed by atoms with van der Waals surface area (Å²) in [5.41, 5.74) is 1.14. The van der Waals surface area contributed by atoms with Gasteiger partial charge in [-0.2, -0.15) is 0 Å². The van der Waals surface area contributed by atoms with Crippen LogP contribution < -0.4 is 19.5 Å². The van der Waals surface area contributed by atoms with Crippen molar-refractivity contribution in [2.75, 3.05) is 33.4 Å². The Morgan fingerprint density at radius 3 is 2.95 bits per heavy atom. The molecule has 3 rings (SSSR count). The molecule has 1 unspecified atom stereocenters. The molecule has 1 saturated heterocycles. The lowest BCUT2D eigenvalue weighted by atomic mass is 9.90. The minimum absolute atomic E-state index is 0.414. The predicted molar refractivity (Wildman–Crippen MR) is 76.5 cm³/mol. The SMILES string of the molecule is COc1c(Br)cc2c(c1C1CCCNC1)OCCO2. The fraction of sp³-hybridized carbons (Fsp3) is 0.571. The van der Waals surface area contributed by atoms with Crippen LogP contribution >= 0.6 is 15.9 Å². The van der Waals surface area contributed by atoms with Crippen LogP contribution in [-0.2, 0) is 0 Å². The first-order chi connectivity index (χ1) is 9.31. The van der Waals surface area contributed by atoms with Crippen molar-refractivity contribution in [2.45, 2.75) is 18.8 Å². The van der Waals surface area contributed by atoms with Crippen LogP contribution in [0.2, 0.25) is 0 Å². The number of piperidine rings is 1. The third-order valence-electron chi connectivity index (χ3n) is 3.68. The zero-order valence-corrected chi connectivity index (χ0v) is 12.6. The maximum atomic E-state index is 5.85. The molecule has 104 valence electrons. The Morgan fingerprint density at radius 1 is 1.37 bits per heavy atom. The van der Waals surface area contributed by atoms with Crippen LogP contribution in [0, 0.1) is 0 Å². The van der Waals surface area contributed by atoms with Gasteiger partial charge in [-0.15, -0.1) is 0 Å². The van der Waals surface area contributed by atoms with Gasteiger partial charge >= 0.3 is 0 Å². The van der Waals surface area contributed by atoms with Gasteiger partial charge in [0.05, 0.1) is 11.6 Å². The van der Waals surface area contributed by atoms with Gasteiger partial charge in [0.1, 0.15) is 19.0 Å². The lowest BCUT2D eigenvalue weighted by Crippen LogP contribution is -2.29. The maximum Gasteiger partial charge on any atom is 0.168 e. The van der Waals surface area contributed by atoms with Gasteiger partial charge in [0, 0.05) is 24.1 Å². The second kappa shape index (κ2) is 5.59. The zero-order chi connectivity index (χ0) is 13.2. The monoisotopic (exact) mass is 327 g/mol. The minimum Gasteiger partial charge on any atom is -0.495 e. The first-order valence-electron chi connectivity index (χ1n) is 6.68. The Bertz CT molecular complexity index is 472. The van der Waals surface area contributed by atoms with Crippen molar-refractivity contribution < 1.29 is 14.2 Å². The molecule has 4 nitrogen and oxygen atoms in total. The summed E-state index contributed by atoms with van der Waals surface area (Å²) in [6.45, 7) is 3.26. The van der Waals surface area contributed by atoms with E-state index >= 15 is 0 Å². The molecule has 0 radical (unpaired) electrons. The molecule has 5 heteroatoms. The van der Waals surface area contributed by atoms with E-state index in [0.717, 1.165) is 46.8 Å². The van der Waals surface area contributed by atoms with Crippen molar-refractivity contribution >= 4 is 15.9 Å². The highest BCUT2D eigenvalue weighted by Gasteiger charge is 2.29. The third kappa shape index (κ3) is 2.41. The molecule has 2 aliphatic rings. The van der Waals surface area contributed by atoms with Gasteiger partial charge in [0.25, 0.3) is 0 Å². The quantitative estimate of drug-likeness (QED) is 0.906. The Morgan fingerprint density at radius 2 is 2.21 bits per heavy atom. The van der Waals surface area contributed by atoms with E-state index in [1.54, 1.807) is 7.11 Å². The fourth-order valence-electron chi connectivity index (χ4n) is 2.84. The number of nitrogens with one attached hydrogen (secondary N) is 1. The maximum absolute atomic E-state index is 5.85. The van der Waals surface area contributed by atoms with E-state index in [-0.39, 0.29) is 0 Å². The molecule has 0 aliphatic carbocycles. The molecule has 1 fully saturated rings.